The normalized spacial score (nSPS) is 10.4. The van der Waals surface area contributed by atoms with Crippen LogP contribution < -0.4 is 19.5 Å². The van der Waals surface area contributed by atoms with Gasteiger partial charge in [0.25, 0.3) is 5.91 Å². The zero-order chi connectivity index (χ0) is 20.5. The predicted octanol–water partition coefficient (Wildman–Crippen LogP) is 3.51. The van der Waals surface area contributed by atoms with E-state index < -0.39 is 11.9 Å². The fraction of sp³-hybridized carbons (Fsp3) is 0.200. The molecule has 2 aromatic rings. The molecule has 0 aliphatic rings. The summed E-state index contributed by atoms with van der Waals surface area (Å²) in [5.41, 5.74) is 1.29. The molecule has 0 aliphatic carbocycles. The van der Waals surface area contributed by atoms with Gasteiger partial charge in [-0.05, 0) is 64.6 Å². The van der Waals surface area contributed by atoms with E-state index in [0.717, 1.165) is 3.57 Å². The maximum absolute atomic E-state index is 11.9. The molecule has 0 atom stereocenters. The van der Waals surface area contributed by atoms with Gasteiger partial charge in [0.15, 0.2) is 18.1 Å². The van der Waals surface area contributed by atoms with E-state index in [9.17, 15) is 9.59 Å². The van der Waals surface area contributed by atoms with Crippen LogP contribution in [0.2, 0.25) is 0 Å². The van der Waals surface area contributed by atoms with Gasteiger partial charge < -0.3 is 24.3 Å². The lowest BCUT2D eigenvalue weighted by molar-refractivity contribution is -0.142. The smallest absolute Gasteiger partial charge is 0.331 e. The number of rotatable bonds is 8. The number of hydrogen-bond donors (Lipinski definition) is 1. The monoisotopic (exact) mass is 497 g/mol. The van der Waals surface area contributed by atoms with Crippen molar-refractivity contribution in [3.63, 3.8) is 0 Å². The molecular formula is C20H20INO6. The van der Waals surface area contributed by atoms with Gasteiger partial charge in [0.2, 0.25) is 5.75 Å². The first-order valence-corrected chi connectivity index (χ1v) is 9.25. The molecule has 1 amide bonds. The Morgan fingerprint density at radius 3 is 2.29 bits per heavy atom. The van der Waals surface area contributed by atoms with Gasteiger partial charge in [0, 0.05) is 15.3 Å². The van der Waals surface area contributed by atoms with Crippen molar-refractivity contribution in [2.24, 2.45) is 0 Å². The van der Waals surface area contributed by atoms with Crippen LogP contribution in [-0.4, -0.2) is 39.8 Å². The summed E-state index contributed by atoms with van der Waals surface area (Å²) in [4.78, 5) is 23.8. The number of halogens is 1. The SMILES string of the molecule is COc1cc(/C=C/C(=O)OCC(=O)Nc2cccc(I)c2)cc(OC)c1OC. The highest BCUT2D eigenvalue weighted by molar-refractivity contribution is 14.1. The highest BCUT2D eigenvalue weighted by atomic mass is 127. The summed E-state index contributed by atoms with van der Waals surface area (Å²) < 4.78 is 21.7. The molecule has 8 heteroatoms. The van der Waals surface area contributed by atoms with Crippen molar-refractivity contribution in [1.29, 1.82) is 0 Å². The minimum Gasteiger partial charge on any atom is -0.493 e. The summed E-state index contributed by atoms with van der Waals surface area (Å²) >= 11 is 2.14. The first kappa shape index (κ1) is 21.5. The molecular weight excluding hydrogens is 477 g/mol. The van der Waals surface area contributed by atoms with E-state index in [1.807, 2.05) is 18.2 Å². The van der Waals surface area contributed by atoms with Gasteiger partial charge in [-0.2, -0.15) is 0 Å². The van der Waals surface area contributed by atoms with E-state index in [-0.39, 0.29) is 6.61 Å². The Morgan fingerprint density at radius 2 is 1.71 bits per heavy atom. The van der Waals surface area contributed by atoms with E-state index in [1.54, 1.807) is 18.2 Å². The zero-order valence-electron chi connectivity index (χ0n) is 15.7. The second kappa shape index (κ2) is 10.5. The van der Waals surface area contributed by atoms with E-state index in [4.69, 9.17) is 18.9 Å². The Bertz CT molecular complexity index is 856. The summed E-state index contributed by atoms with van der Waals surface area (Å²) in [6, 6.07) is 10.7. The van der Waals surface area contributed by atoms with Crippen molar-refractivity contribution in [3.05, 3.63) is 51.6 Å². The molecule has 1 N–H and O–H groups in total. The molecule has 0 radical (unpaired) electrons. The molecule has 0 aromatic heterocycles. The van der Waals surface area contributed by atoms with Crippen LogP contribution in [0.4, 0.5) is 5.69 Å². The van der Waals surface area contributed by atoms with Crippen LogP contribution >= 0.6 is 22.6 Å². The lowest BCUT2D eigenvalue weighted by atomic mass is 10.1. The largest absolute Gasteiger partial charge is 0.493 e. The van der Waals surface area contributed by atoms with Crippen LogP contribution in [0.5, 0.6) is 17.2 Å². The molecule has 28 heavy (non-hydrogen) atoms. The van der Waals surface area contributed by atoms with Crippen molar-refractivity contribution >= 4 is 46.2 Å². The van der Waals surface area contributed by atoms with Crippen molar-refractivity contribution in [2.45, 2.75) is 0 Å². The number of carbonyl (C=O) groups is 2. The van der Waals surface area contributed by atoms with E-state index in [2.05, 4.69) is 27.9 Å². The predicted molar refractivity (Wildman–Crippen MR) is 114 cm³/mol. The Morgan fingerprint density at radius 1 is 1.04 bits per heavy atom. The van der Waals surface area contributed by atoms with Crippen LogP contribution in [0.15, 0.2) is 42.5 Å². The second-order valence-corrected chi connectivity index (χ2v) is 6.70. The summed E-state index contributed by atoms with van der Waals surface area (Å²) in [6.45, 7) is -0.385. The summed E-state index contributed by atoms with van der Waals surface area (Å²) in [7, 11) is 4.52. The number of ether oxygens (including phenoxy) is 4. The van der Waals surface area contributed by atoms with Gasteiger partial charge in [-0.25, -0.2) is 4.79 Å². The first-order valence-electron chi connectivity index (χ1n) is 8.17. The third kappa shape index (κ3) is 6.15. The number of hydrogen-bond acceptors (Lipinski definition) is 6. The zero-order valence-corrected chi connectivity index (χ0v) is 17.8. The highest BCUT2D eigenvalue weighted by Crippen LogP contribution is 2.38. The molecule has 0 fully saturated rings. The van der Waals surface area contributed by atoms with Crippen molar-refractivity contribution < 1.29 is 28.5 Å². The number of nitrogens with one attached hydrogen (secondary N) is 1. The van der Waals surface area contributed by atoms with Crippen LogP contribution in [0.3, 0.4) is 0 Å². The molecule has 0 aliphatic heterocycles. The second-order valence-electron chi connectivity index (χ2n) is 5.46. The van der Waals surface area contributed by atoms with E-state index in [1.165, 1.54) is 33.5 Å². The lowest BCUT2D eigenvalue weighted by Crippen LogP contribution is -2.20. The number of amides is 1. The maximum Gasteiger partial charge on any atom is 0.331 e. The van der Waals surface area contributed by atoms with E-state index >= 15 is 0 Å². The van der Waals surface area contributed by atoms with Crippen molar-refractivity contribution in [3.8, 4) is 17.2 Å². The molecule has 2 aromatic carbocycles. The molecule has 0 bridgehead atoms. The van der Waals surface area contributed by atoms with Gasteiger partial charge >= 0.3 is 5.97 Å². The first-order chi connectivity index (χ1) is 13.5. The van der Waals surface area contributed by atoms with Crippen LogP contribution in [0.25, 0.3) is 6.08 Å². The quantitative estimate of drug-likeness (QED) is 0.342. The van der Waals surface area contributed by atoms with Gasteiger partial charge in [-0.1, -0.05) is 6.07 Å². The average Bonchev–Trinajstić information content (AvgIpc) is 2.69. The molecule has 0 unspecified atom stereocenters. The number of methoxy groups -OCH3 is 3. The molecule has 0 spiro atoms. The summed E-state index contributed by atoms with van der Waals surface area (Å²) in [6.07, 6.45) is 2.75. The van der Waals surface area contributed by atoms with Crippen LogP contribution in [0, 0.1) is 3.57 Å². The third-order valence-corrected chi connectivity index (χ3v) is 4.22. The fourth-order valence-corrected chi connectivity index (χ4v) is 2.85. The minimum atomic E-state index is -0.647. The van der Waals surface area contributed by atoms with Crippen molar-refractivity contribution in [1.82, 2.24) is 0 Å². The molecule has 0 saturated carbocycles. The highest BCUT2D eigenvalue weighted by Gasteiger charge is 2.12. The topological polar surface area (TPSA) is 83.1 Å². The van der Waals surface area contributed by atoms with Gasteiger partial charge in [-0.15, -0.1) is 0 Å². The van der Waals surface area contributed by atoms with Crippen molar-refractivity contribution in [2.75, 3.05) is 33.3 Å². The third-order valence-electron chi connectivity index (χ3n) is 3.55. The fourth-order valence-electron chi connectivity index (χ4n) is 2.31. The molecule has 7 nitrogen and oxygen atoms in total. The molecule has 148 valence electrons. The van der Waals surface area contributed by atoms with Crippen LogP contribution in [-0.2, 0) is 14.3 Å². The number of carbonyl (C=O) groups excluding carboxylic acids is 2. The van der Waals surface area contributed by atoms with E-state index in [0.29, 0.717) is 28.5 Å². The van der Waals surface area contributed by atoms with Gasteiger partial charge in [0.1, 0.15) is 0 Å². The lowest BCUT2D eigenvalue weighted by Gasteiger charge is -2.12. The maximum atomic E-state index is 11.9. The molecule has 0 heterocycles. The molecule has 2 rings (SSSR count). The van der Waals surface area contributed by atoms with Gasteiger partial charge in [0.05, 0.1) is 21.3 Å². The van der Waals surface area contributed by atoms with Gasteiger partial charge in [-0.3, -0.25) is 4.79 Å². The summed E-state index contributed by atoms with van der Waals surface area (Å²) in [5, 5.41) is 2.66. The minimum absolute atomic E-state index is 0.385. The summed E-state index contributed by atoms with van der Waals surface area (Å²) in [5.74, 6) is 0.318. The number of benzene rings is 2. The number of esters is 1. The Balaban J connectivity index is 1.95. The Hall–Kier alpha value is -2.75. The van der Waals surface area contributed by atoms with Crippen LogP contribution in [0.1, 0.15) is 5.56 Å². The standard InChI is InChI=1S/C20H20INO6/c1-25-16-9-13(10-17(26-2)20(16)27-3)7-8-19(24)28-12-18(23)22-15-6-4-5-14(21)11-15/h4-11H,12H2,1-3H3,(H,22,23)/b8-7+. The number of anilines is 1. The molecule has 0 saturated heterocycles. The average molecular weight is 497 g/mol. The Kier molecular flexibility index (Phi) is 8.12. The Labute approximate surface area is 176 Å².